The largest absolute Gasteiger partial charge is 0.299 e. The molecule has 5 nitrogen and oxygen atoms in total. The molecule has 0 aliphatic heterocycles. The van der Waals surface area contributed by atoms with Gasteiger partial charge < -0.3 is 0 Å². The van der Waals surface area contributed by atoms with Gasteiger partial charge in [-0.25, -0.2) is 8.42 Å². The van der Waals surface area contributed by atoms with Crippen LogP contribution in [0.5, 0.6) is 0 Å². The van der Waals surface area contributed by atoms with E-state index in [1.807, 2.05) is 20.8 Å². The van der Waals surface area contributed by atoms with E-state index in [1.165, 1.54) is 0 Å². The number of nitrogens with one attached hydrogen (secondary N) is 1. The van der Waals surface area contributed by atoms with Crippen LogP contribution in [0.3, 0.4) is 0 Å². The average molecular weight is 315 g/mol. The van der Waals surface area contributed by atoms with Crippen molar-refractivity contribution in [3.63, 3.8) is 0 Å². The molecule has 1 amide bonds. The van der Waals surface area contributed by atoms with Crippen molar-refractivity contribution in [2.24, 2.45) is 16.7 Å². The quantitative estimate of drug-likeness (QED) is 0.813. The molecule has 0 heterocycles. The lowest BCUT2D eigenvalue weighted by Gasteiger charge is -2.36. The van der Waals surface area contributed by atoms with Gasteiger partial charge in [-0.05, 0) is 30.6 Å². The van der Waals surface area contributed by atoms with Crippen LogP contribution in [-0.2, 0) is 19.6 Å². The normalized spacial score (nSPS) is 30.6. The highest BCUT2D eigenvalue weighted by molar-refractivity contribution is 7.90. The molecule has 2 unspecified atom stereocenters. The predicted octanol–water partition coefficient (Wildman–Crippen LogP) is 2.02. The van der Waals surface area contributed by atoms with Gasteiger partial charge in [0, 0.05) is 12.8 Å². The van der Waals surface area contributed by atoms with Crippen molar-refractivity contribution in [1.29, 1.82) is 0 Å². The summed E-state index contributed by atoms with van der Waals surface area (Å²) < 4.78 is 26.7. The number of carbonyl (C=O) groups is 2. The molecule has 2 aliphatic rings. The van der Waals surface area contributed by atoms with E-state index in [4.69, 9.17) is 0 Å². The van der Waals surface area contributed by atoms with Gasteiger partial charge in [-0.2, -0.15) is 0 Å². The summed E-state index contributed by atoms with van der Waals surface area (Å²) in [5.41, 5.74) is -1.11. The van der Waals surface area contributed by atoms with Crippen molar-refractivity contribution >= 4 is 21.7 Å². The van der Waals surface area contributed by atoms with Crippen molar-refractivity contribution in [3.8, 4) is 0 Å². The van der Waals surface area contributed by atoms with Gasteiger partial charge in [0.1, 0.15) is 5.78 Å². The number of rotatable bonds is 6. The van der Waals surface area contributed by atoms with Gasteiger partial charge in [0.15, 0.2) is 0 Å². The van der Waals surface area contributed by atoms with Crippen LogP contribution < -0.4 is 4.72 Å². The summed E-state index contributed by atoms with van der Waals surface area (Å²) in [5.74, 6) is -0.391. The molecular formula is C15H25NO4S. The maximum Gasteiger partial charge on any atom is 0.235 e. The number of Topliss-reactive ketones (excluding diaryl/α,β-unsaturated/α-hetero) is 1. The molecule has 2 rings (SSSR count). The molecule has 1 N–H and O–H groups in total. The molecule has 0 aromatic rings. The maximum atomic E-state index is 12.3. The number of sulfonamides is 1. The Morgan fingerprint density at radius 1 is 1.38 bits per heavy atom. The van der Waals surface area contributed by atoms with Crippen molar-refractivity contribution < 1.29 is 18.0 Å². The van der Waals surface area contributed by atoms with Crippen molar-refractivity contribution in [2.45, 2.75) is 59.3 Å². The second-order valence-electron chi connectivity index (χ2n) is 7.05. The Hall–Kier alpha value is -0.910. The fourth-order valence-electron chi connectivity index (χ4n) is 4.03. The van der Waals surface area contributed by atoms with Crippen LogP contribution in [0.2, 0.25) is 0 Å². The number of carbonyl (C=O) groups excluding carboxylic acids is 2. The van der Waals surface area contributed by atoms with E-state index in [-0.39, 0.29) is 29.3 Å². The molecule has 0 aromatic carbocycles. The Bertz CT molecular complexity index is 552. The Morgan fingerprint density at radius 3 is 2.52 bits per heavy atom. The van der Waals surface area contributed by atoms with Crippen LogP contribution in [0.1, 0.15) is 59.3 Å². The number of ketones is 1. The average Bonchev–Trinajstić information content (AvgIpc) is 2.69. The highest BCUT2D eigenvalue weighted by Crippen LogP contribution is 2.64. The molecule has 21 heavy (non-hydrogen) atoms. The first-order valence-corrected chi connectivity index (χ1v) is 9.36. The lowest BCUT2D eigenvalue weighted by molar-refractivity contribution is -0.128. The molecule has 2 saturated carbocycles. The van der Waals surface area contributed by atoms with Crippen molar-refractivity contribution in [3.05, 3.63) is 0 Å². The molecule has 0 aromatic heterocycles. The zero-order valence-corrected chi connectivity index (χ0v) is 13.9. The standard InChI is InChI=1S/C15H25NO4S/c1-4-5-6-13(18)16-21(19,20)10-15-8-7-11(9-12(15)17)14(15,2)3/h11H,4-10H2,1-3H3,(H,16,18). The molecule has 0 radical (unpaired) electrons. The third kappa shape index (κ3) is 2.74. The number of unbranched alkanes of at least 4 members (excludes halogenated alkanes) is 1. The van der Waals surface area contributed by atoms with Gasteiger partial charge in [0.2, 0.25) is 15.9 Å². The van der Waals surface area contributed by atoms with Crippen molar-refractivity contribution in [2.75, 3.05) is 5.75 Å². The fraction of sp³-hybridized carbons (Fsp3) is 0.867. The Kier molecular flexibility index (Phi) is 4.21. The van der Waals surface area contributed by atoms with E-state index < -0.39 is 21.3 Å². The van der Waals surface area contributed by atoms with E-state index >= 15 is 0 Å². The molecule has 6 heteroatoms. The SMILES string of the molecule is CCCCC(=O)NS(=O)(=O)CC12CCC(CC1=O)C2(C)C. The van der Waals surface area contributed by atoms with Crippen LogP contribution in [0.25, 0.3) is 0 Å². The first kappa shape index (κ1) is 16.5. The Morgan fingerprint density at radius 2 is 2.05 bits per heavy atom. The molecule has 2 fully saturated rings. The van der Waals surface area contributed by atoms with E-state index in [0.29, 0.717) is 19.3 Å². The van der Waals surface area contributed by atoms with E-state index in [0.717, 1.165) is 12.8 Å². The fourth-order valence-corrected chi connectivity index (χ4v) is 5.88. The molecule has 0 spiro atoms. The lowest BCUT2D eigenvalue weighted by Crippen LogP contribution is -2.46. The molecule has 2 aliphatic carbocycles. The Labute approximate surface area is 126 Å². The minimum atomic E-state index is -3.76. The van der Waals surface area contributed by atoms with Gasteiger partial charge >= 0.3 is 0 Å². The maximum absolute atomic E-state index is 12.3. The second-order valence-corrected chi connectivity index (χ2v) is 8.78. The second kappa shape index (κ2) is 5.38. The molecule has 0 saturated heterocycles. The third-order valence-corrected chi connectivity index (χ3v) is 7.01. The topological polar surface area (TPSA) is 80.3 Å². The Balaban J connectivity index is 2.13. The number of fused-ring (bicyclic) bond motifs is 2. The van der Waals surface area contributed by atoms with E-state index in [2.05, 4.69) is 4.72 Å². The van der Waals surface area contributed by atoms with Gasteiger partial charge in [-0.3, -0.25) is 14.3 Å². The number of hydrogen-bond donors (Lipinski definition) is 1. The smallest absolute Gasteiger partial charge is 0.235 e. The lowest BCUT2D eigenvalue weighted by atomic mass is 9.70. The van der Waals surface area contributed by atoms with Crippen LogP contribution >= 0.6 is 0 Å². The van der Waals surface area contributed by atoms with Crippen LogP contribution in [0, 0.1) is 16.7 Å². The molecule has 2 bridgehead atoms. The first-order valence-electron chi connectivity index (χ1n) is 7.71. The highest BCUT2D eigenvalue weighted by atomic mass is 32.2. The summed E-state index contributed by atoms with van der Waals surface area (Å²) in [4.78, 5) is 24.0. The van der Waals surface area contributed by atoms with Gasteiger partial charge in [-0.15, -0.1) is 0 Å². The first-order chi connectivity index (χ1) is 9.64. The highest BCUT2D eigenvalue weighted by Gasteiger charge is 2.65. The van der Waals surface area contributed by atoms with Crippen molar-refractivity contribution in [1.82, 2.24) is 4.72 Å². The van der Waals surface area contributed by atoms with E-state index in [1.54, 1.807) is 0 Å². The zero-order valence-electron chi connectivity index (χ0n) is 13.1. The summed E-state index contributed by atoms with van der Waals surface area (Å²) in [6, 6.07) is 0. The number of amides is 1. The minimum absolute atomic E-state index is 0.0510. The summed E-state index contributed by atoms with van der Waals surface area (Å²) in [5, 5.41) is 0. The summed E-state index contributed by atoms with van der Waals surface area (Å²) in [7, 11) is -3.76. The summed E-state index contributed by atoms with van der Waals surface area (Å²) in [6.07, 6.45) is 3.71. The monoisotopic (exact) mass is 315 g/mol. The van der Waals surface area contributed by atoms with E-state index in [9.17, 15) is 18.0 Å². The summed E-state index contributed by atoms with van der Waals surface area (Å²) in [6.45, 7) is 5.92. The molecule has 2 atom stereocenters. The third-order valence-electron chi connectivity index (χ3n) is 5.60. The minimum Gasteiger partial charge on any atom is -0.299 e. The molecule has 120 valence electrons. The van der Waals surface area contributed by atoms with Crippen LogP contribution in [0.4, 0.5) is 0 Å². The van der Waals surface area contributed by atoms with Crippen LogP contribution in [-0.4, -0.2) is 25.9 Å². The van der Waals surface area contributed by atoms with Gasteiger partial charge in [0.25, 0.3) is 0 Å². The van der Waals surface area contributed by atoms with Gasteiger partial charge in [0.05, 0.1) is 11.2 Å². The predicted molar refractivity (Wildman–Crippen MR) is 80.0 cm³/mol. The number of hydrogen-bond acceptors (Lipinski definition) is 4. The zero-order chi connectivity index (χ0) is 15.9. The van der Waals surface area contributed by atoms with Crippen LogP contribution in [0.15, 0.2) is 0 Å². The van der Waals surface area contributed by atoms with Gasteiger partial charge in [-0.1, -0.05) is 27.2 Å². The summed E-state index contributed by atoms with van der Waals surface area (Å²) >= 11 is 0. The molecular weight excluding hydrogens is 290 g/mol.